The Labute approximate surface area is 111 Å². The third-order valence-electron chi connectivity index (χ3n) is 3.34. The molecular formula is C16H25NO. The van der Waals surface area contributed by atoms with Gasteiger partial charge >= 0.3 is 0 Å². The van der Waals surface area contributed by atoms with Crippen LogP contribution in [0.4, 0.5) is 0 Å². The zero-order valence-corrected chi connectivity index (χ0v) is 11.9. The Balaban J connectivity index is 2.82. The first kappa shape index (κ1) is 14.7. The first-order chi connectivity index (χ1) is 8.56. The maximum absolute atomic E-state index is 12.3. The number of carbonyl (C=O) groups is 1. The summed E-state index contributed by atoms with van der Waals surface area (Å²) in [5, 5.41) is 3.06. The van der Waals surface area contributed by atoms with Gasteiger partial charge in [-0.1, -0.05) is 64.4 Å². The van der Waals surface area contributed by atoms with Gasteiger partial charge in [-0.3, -0.25) is 4.79 Å². The van der Waals surface area contributed by atoms with Crippen molar-refractivity contribution in [2.24, 2.45) is 11.8 Å². The van der Waals surface area contributed by atoms with Crippen molar-refractivity contribution in [2.75, 3.05) is 6.54 Å². The number of benzene rings is 1. The smallest absolute Gasteiger partial charge is 0.227 e. The molecule has 0 saturated carbocycles. The number of hydrogen-bond acceptors (Lipinski definition) is 1. The monoisotopic (exact) mass is 247 g/mol. The Morgan fingerprint density at radius 2 is 1.78 bits per heavy atom. The first-order valence-electron chi connectivity index (χ1n) is 6.88. The minimum absolute atomic E-state index is 0.0325. The molecule has 2 unspecified atom stereocenters. The number of carbonyl (C=O) groups excluding carboxylic acids is 1. The molecule has 2 atom stereocenters. The molecule has 0 aliphatic heterocycles. The van der Waals surface area contributed by atoms with Gasteiger partial charge in [0.1, 0.15) is 0 Å². The van der Waals surface area contributed by atoms with E-state index in [1.54, 1.807) is 0 Å². The summed E-state index contributed by atoms with van der Waals surface area (Å²) in [6.07, 6.45) is 1.01. The molecule has 1 amide bonds. The van der Waals surface area contributed by atoms with Gasteiger partial charge in [-0.05, 0) is 17.4 Å². The van der Waals surface area contributed by atoms with E-state index in [1.807, 2.05) is 30.3 Å². The van der Waals surface area contributed by atoms with Crippen molar-refractivity contribution in [3.8, 4) is 0 Å². The SMILES string of the molecule is CCC(C)C(C(=O)NCC(C)C)c1ccccc1. The highest BCUT2D eigenvalue weighted by atomic mass is 16.1. The van der Waals surface area contributed by atoms with E-state index in [4.69, 9.17) is 0 Å². The molecule has 0 aromatic heterocycles. The topological polar surface area (TPSA) is 29.1 Å². The molecule has 0 spiro atoms. The lowest BCUT2D eigenvalue weighted by Gasteiger charge is -2.23. The van der Waals surface area contributed by atoms with E-state index in [2.05, 4.69) is 33.0 Å². The molecule has 0 fully saturated rings. The second kappa shape index (κ2) is 7.20. The fraction of sp³-hybridized carbons (Fsp3) is 0.562. The molecule has 0 bridgehead atoms. The third kappa shape index (κ3) is 4.17. The first-order valence-corrected chi connectivity index (χ1v) is 6.88. The van der Waals surface area contributed by atoms with Crippen molar-refractivity contribution < 1.29 is 4.79 Å². The summed E-state index contributed by atoms with van der Waals surface area (Å²) < 4.78 is 0. The second-order valence-electron chi connectivity index (χ2n) is 5.41. The Kier molecular flexibility index (Phi) is 5.90. The zero-order chi connectivity index (χ0) is 13.5. The van der Waals surface area contributed by atoms with Crippen molar-refractivity contribution in [3.05, 3.63) is 35.9 Å². The van der Waals surface area contributed by atoms with Crippen LogP contribution in [0.15, 0.2) is 30.3 Å². The van der Waals surface area contributed by atoms with Crippen LogP contribution in [0.3, 0.4) is 0 Å². The van der Waals surface area contributed by atoms with E-state index in [0.717, 1.165) is 18.5 Å². The highest BCUT2D eigenvalue weighted by molar-refractivity contribution is 5.83. The summed E-state index contributed by atoms with van der Waals surface area (Å²) >= 11 is 0. The zero-order valence-electron chi connectivity index (χ0n) is 11.9. The van der Waals surface area contributed by atoms with E-state index < -0.39 is 0 Å². The largest absolute Gasteiger partial charge is 0.355 e. The van der Waals surface area contributed by atoms with Gasteiger partial charge in [0.2, 0.25) is 5.91 Å². The van der Waals surface area contributed by atoms with Crippen LogP contribution in [0.1, 0.15) is 45.6 Å². The van der Waals surface area contributed by atoms with Crippen LogP contribution in [-0.2, 0) is 4.79 Å². The molecule has 0 aliphatic rings. The van der Waals surface area contributed by atoms with Crippen LogP contribution in [-0.4, -0.2) is 12.5 Å². The third-order valence-corrected chi connectivity index (χ3v) is 3.34. The number of nitrogens with one attached hydrogen (secondary N) is 1. The van der Waals surface area contributed by atoms with Crippen LogP contribution in [0, 0.1) is 11.8 Å². The molecule has 100 valence electrons. The molecule has 1 rings (SSSR count). The molecule has 18 heavy (non-hydrogen) atoms. The van der Waals surface area contributed by atoms with E-state index in [1.165, 1.54) is 0 Å². The van der Waals surface area contributed by atoms with Crippen molar-refractivity contribution in [1.29, 1.82) is 0 Å². The maximum atomic E-state index is 12.3. The van der Waals surface area contributed by atoms with E-state index in [0.29, 0.717) is 11.8 Å². The molecule has 2 nitrogen and oxygen atoms in total. The average Bonchev–Trinajstić information content (AvgIpc) is 2.37. The standard InChI is InChI=1S/C16H25NO/c1-5-13(4)15(14-9-7-6-8-10-14)16(18)17-11-12(2)3/h6-10,12-13,15H,5,11H2,1-4H3,(H,17,18). The minimum atomic E-state index is -0.0325. The van der Waals surface area contributed by atoms with Crippen LogP contribution in [0.5, 0.6) is 0 Å². The number of rotatable bonds is 6. The Bertz CT molecular complexity index is 359. The molecular weight excluding hydrogens is 222 g/mol. The van der Waals surface area contributed by atoms with Crippen molar-refractivity contribution in [1.82, 2.24) is 5.32 Å². The molecule has 0 aliphatic carbocycles. The van der Waals surface area contributed by atoms with Gasteiger partial charge < -0.3 is 5.32 Å². The lowest BCUT2D eigenvalue weighted by Crippen LogP contribution is -2.34. The van der Waals surface area contributed by atoms with Gasteiger partial charge in [-0.25, -0.2) is 0 Å². The average molecular weight is 247 g/mol. The van der Waals surface area contributed by atoms with Gasteiger partial charge in [0, 0.05) is 6.54 Å². The van der Waals surface area contributed by atoms with Crippen LogP contribution >= 0.6 is 0 Å². The van der Waals surface area contributed by atoms with Crippen LogP contribution in [0.25, 0.3) is 0 Å². The van der Waals surface area contributed by atoms with Crippen LogP contribution < -0.4 is 5.32 Å². The van der Waals surface area contributed by atoms with Crippen molar-refractivity contribution in [3.63, 3.8) is 0 Å². The normalized spacial score (nSPS) is 14.3. The van der Waals surface area contributed by atoms with E-state index >= 15 is 0 Å². The van der Waals surface area contributed by atoms with Gasteiger partial charge in [0.25, 0.3) is 0 Å². The van der Waals surface area contributed by atoms with E-state index in [9.17, 15) is 4.79 Å². The Morgan fingerprint density at radius 1 is 1.17 bits per heavy atom. The fourth-order valence-corrected chi connectivity index (χ4v) is 2.05. The molecule has 0 saturated heterocycles. The van der Waals surface area contributed by atoms with Gasteiger partial charge in [-0.15, -0.1) is 0 Å². The fourth-order valence-electron chi connectivity index (χ4n) is 2.05. The maximum Gasteiger partial charge on any atom is 0.227 e. The molecule has 0 radical (unpaired) electrons. The molecule has 0 heterocycles. The predicted octanol–water partition coefficient (Wildman–Crippen LogP) is 3.59. The van der Waals surface area contributed by atoms with Crippen molar-refractivity contribution >= 4 is 5.91 Å². The Morgan fingerprint density at radius 3 is 2.28 bits per heavy atom. The number of hydrogen-bond donors (Lipinski definition) is 1. The highest BCUT2D eigenvalue weighted by Gasteiger charge is 2.25. The quantitative estimate of drug-likeness (QED) is 0.817. The Hall–Kier alpha value is -1.31. The highest BCUT2D eigenvalue weighted by Crippen LogP contribution is 2.27. The molecule has 1 aromatic rings. The number of amides is 1. The summed E-state index contributed by atoms with van der Waals surface area (Å²) in [4.78, 5) is 12.3. The lowest BCUT2D eigenvalue weighted by molar-refractivity contribution is -0.123. The molecule has 1 aromatic carbocycles. The van der Waals surface area contributed by atoms with E-state index in [-0.39, 0.29) is 11.8 Å². The molecule has 1 N–H and O–H groups in total. The summed E-state index contributed by atoms with van der Waals surface area (Å²) in [6, 6.07) is 10.1. The summed E-state index contributed by atoms with van der Waals surface area (Å²) in [5.74, 6) is 0.973. The second-order valence-corrected chi connectivity index (χ2v) is 5.41. The summed E-state index contributed by atoms with van der Waals surface area (Å²) in [7, 11) is 0. The summed E-state index contributed by atoms with van der Waals surface area (Å²) in [5.41, 5.74) is 1.12. The lowest BCUT2D eigenvalue weighted by atomic mass is 9.85. The van der Waals surface area contributed by atoms with Crippen molar-refractivity contribution in [2.45, 2.75) is 40.0 Å². The minimum Gasteiger partial charge on any atom is -0.355 e. The predicted molar refractivity (Wildman–Crippen MR) is 76.5 cm³/mol. The van der Waals surface area contributed by atoms with Crippen LogP contribution in [0.2, 0.25) is 0 Å². The summed E-state index contributed by atoms with van der Waals surface area (Å²) in [6.45, 7) is 9.25. The molecule has 2 heteroatoms. The van der Waals surface area contributed by atoms with Gasteiger partial charge in [-0.2, -0.15) is 0 Å². The van der Waals surface area contributed by atoms with Gasteiger partial charge in [0.15, 0.2) is 0 Å². The van der Waals surface area contributed by atoms with Gasteiger partial charge in [0.05, 0.1) is 5.92 Å².